The molecule has 5 nitrogen and oxygen atoms in total. The summed E-state index contributed by atoms with van der Waals surface area (Å²) < 4.78 is 8.52. The lowest BCUT2D eigenvalue weighted by Gasteiger charge is -2.29. The van der Waals surface area contributed by atoms with Crippen molar-refractivity contribution < 1.29 is 9.53 Å². The molecule has 0 spiro atoms. The maximum Gasteiger partial charge on any atom is 0.266 e. The number of hydrogen-bond acceptors (Lipinski definition) is 5. The minimum absolute atomic E-state index is 0.0242. The molecule has 7 heteroatoms. The Morgan fingerprint density at radius 2 is 1.92 bits per heavy atom. The molecule has 0 radical (unpaired) electrons. The smallest absolute Gasteiger partial charge is 0.266 e. The average molecular weight is 532 g/mol. The lowest BCUT2D eigenvalue weighted by molar-refractivity contribution is -0.124. The maximum atomic E-state index is 13.5. The van der Waals surface area contributed by atoms with Crippen LogP contribution in [-0.2, 0) is 4.79 Å². The van der Waals surface area contributed by atoms with Crippen molar-refractivity contribution in [2.24, 2.45) is 0 Å². The number of rotatable bonds is 8. The Labute approximate surface area is 228 Å². The summed E-state index contributed by atoms with van der Waals surface area (Å²) in [4.78, 5) is 16.0. The van der Waals surface area contributed by atoms with Crippen molar-refractivity contribution in [3.63, 3.8) is 0 Å². The van der Waals surface area contributed by atoms with Crippen molar-refractivity contribution in [1.29, 1.82) is 0 Å². The zero-order chi connectivity index (χ0) is 25.8. The fourth-order valence-corrected chi connectivity index (χ4v) is 6.38. The number of ether oxygens (including phenoxy) is 1. The third-order valence-electron chi connectivity index (χ3n) is 7.02. The van der Waals surface area contributed by atoms with Gasteiger partial charge in [0.1, 0.15) is 15.8 Å². The number of carbonyl (C=O) groups excluding carboxylic acids is 1. The van der Waals surface area contributed by atoms with Gasteiger partial charge in [0.15, 0.2) is 0 Å². The van der Waals surface area contributed by atoms with Crippen LogP contribution in [0.25, 0.3) is 23.0 Å². The first-order valence-electron chi connectivity index (χ1n) is 13.2. The molecule has 5 rings (SSSR count). The second kappa shape index (κ2) is 11.7. The van der Waals surface area contributed by atoms with E-state index in [0.29, 0.717) is 15.8 Å². The van der Waals surface area contributed by atoms with E-state index < -0.39 is 0 Å². The molecule has 37 heavy (non-hydrogen) atoms. The van der Waals surface area contributed by atoms with E-state index in [-0.39, 0.29) is 11.9 Å². The van der Waals surface area contributed by atoms with E-state index in [2.05, 4.69) is 26.0 Å². The van der Waals surface area contributed by atoms with Crippen LogP contribution < -0.4 is 4.74 Å². The molecule has 192 valence electrons. The Bertz CT molecular complexity index is 1310. The van der Waals surface area contributed by atoms with E-state index in [4.69, 9.17) is 22.1 Å². The number of benzene rings is 2. The van der Waals surface area contributed by atoms with Crippen LogP contribution in [0.5, 0.6) is 5.75 Å². The largest absolute Gasteiger partial charge is 0.493 e. The number of aryl methyl sites for hydroxylation is 1. The summed E-state index contributed by atoms with van der Waals surface area (Å²) in [6.07, 6.45) is 11.7. The predicted molar refractivity (Wildman–Crippen MR) is 156 cm³/mol. The average Bonchev–Trinajstić information content (AvgIpc) is 3.46. The quantitative estimate of drug-likeness (QED) is 0.171. The molecule has 3 aromatic rings. The number of thioether (sulfide) groups is 1. The Kier molecular flexibility index (Phi) is 8.11. The molecule has 0 N–H and O–H groups in total. The molecule has 0 unspecified atom stereocenters. The summed E-state index contributed by atoms with van der Waals surface area (Å²) in [5.74, 6) is 0.922. The highest BCUT2D eigenvalue weighted by Crippen LogP contribution is 2.39. The van der Waals surface area contributed by atoms with Crippen LogP contribution in [0.1, 0.15) is 63.0 Å². The highest BCUT2D eigenvalue weighted by atomic mass is 32.2. The minimum Gasteiger partial charge on any atom is -0.493 e. The monoisotopic (exact) mass is 531 g/mol. The summed E-state index contributed by atoms with van der Waals surface area (Å²) in [7, 11) is 0. The number of aromatic nitrogens is 2. The van der Waals surface area contributed by atoms with Crippen LogP contribution in [-0.4, -0.2) is 37.6 Å². The standard InChI is InChI=1S/C30H33N3O2S2/c1-3-4-17-35-26-16-15-22(18-21(26)2)28-23(20-32(31-28)24-11-7-5-8-12-24)19-27-29(34)33(30(36)37-27)25-13-9-6-10-14-25/h5,7-8,11-12,15-16,18-20,25H,3-4,6,9-10,13-14,17H2,1-2H3/b27-19-. The lowest BCUT2D eigenvalue weighted by Crippen LogP contribution is -2.39. The molecule has 1 aliphatic heterocycles. The predicted octanol–water partition coefficient (Wildman–Crippen LogP) is 7.56. The molecule has 0 atom stereocenters. The second-order valence-corrected chi connectivity index (χ2v) is 11.4. The van der Waals surface area contributed by atoms with Gasteiger partial charge in [-0.05, 0) is 68.2 Å². The van der Waals surface area contributed by atoms with E-state index in [1.807, 2.05) is 58.3 Å². The molecule has 2 fully saturated rings. The zero-order valence-corrected chi connectivity index (χ0v) is 23.1. The molecule has 1 saturated heterocycles. The van der Waals surface area contributed by atoms with E-state index in [1.54, 1.807) is 0 Å². The first-order valence-corrected chi connectivity index (χ1v) is 14.4. The molecule has 2 heterocycles. The molecule has 1 aliphatic carbocycles. The summed E-state index contributed by atoms with van der Waals surface area (Å²) in [5.41, 5.74) is 4.75. The first kappa shape index (κ1) is 25.7. The summed E-state index contributed by atoms with van der Waals surface area (Å²) >= 11 is 7.08. The second-order valence-electron chi connectivity index (χ2n) is 9.74. The minimum atomic E-state index is 0.0242. The number of hydrogen-bond donors (Lipinski definition) is 0. The van der Waals surface area contributed by atoms with Crippen LogP contribution in [0.2, 0.25) is 0 Å². The van der Waals surface area contributed by atoms with Gasteiger partial charge >= 0.3 is 0 Å². The molecule has 1 aromatic heterocycles. The number of carbonyl (C=O) groups is 1. The maximum absolute atomic E-state index is 13.5. The molecular formula is C30H33N3O2S2. The van der Waals surface area contributed by atoms with Gasteiger partial charge in [-0.3, -0.25) is 9.69 Å². The molecule has 0 bridgehead atoms. The van der Waals surface area contributed by atoms with Crippen LogP contribution >= 0.6 is 24.0 Å². The van der Waals surface area contributed by atoms with Gasteiger partial charge in [-0.1, -0.05) is 74.8 Å². The van der Waals surface area contributed by atoms with Gasteiger partial charge in [0.2, 0.25) is 0 Å². The Balaban J connectivity index is 1.50. The van der Waals surface area contributed by atoms with Gasteiger partial charge in [0.25, 0.3) is 5.91 Å². The fourth-order valence-electron chi connectivity index (χ4n) is 4.99. The van der Waals surface area contributed by atoms with Crippen molar-refractivity contribution in [3.8, 4) is 22.7 Å². The zero-order valence-electron chi connectivity index (χ0n) is 21.5. The van der Waals surface area contributed by atoms with Gasteiger partial charge in [-0.25, -0.2) is 4.68 Å². The Morgan fingerprint density at radius 3 is 2.65 bits per heavy atom. The van der Waals surface area contributed by atoms with Crippen molar-refractivity contribution in [2.75, 3.05) is 6.61 Å². The molecule has 2 aliphatic rings. The molecule has 2 aromatic carbocycles. The van der Waals surface area contributed by atoms with Crippen molar-refractivity contribution in [3.05, 3.63) is 70.8 Å². The van der Waals surface area contributed by atoms with E-state index >= 15 is 0 Å². The third-order valence-corrected chi connectivity index (χ3v) is 8.35. The van der Waals surface area contributed by atoms with Crippen molar-refractivity contribution in [1.82, 2.24) is 14.7 Å². The van der Waals surface area contributed by atoms with Gasteiger partial charge in [-0.2, -0.15) is 5.10 Å². The van der Waals surface area contributed by atoms with E-state index in [1.165, 1.54) is 18.2 Å². The molecular weight excluding hydrogens is 498 g/mol. The van der Waals surface area contributed by atoms with Crippen LogP contribution in [0.15, 0.2) is 59.6 Å². The highest BCUT2D eigenvalue weighted by Gasteiger charge is 2.37. The van der Waals surface area contributed by atoms with Crippen LogP contribution in [0.3, 0.4) is 0 Å². The number of amides is 1. The summed E-state index contributed by atoms with van der Waals surface area (Å²) in [6.45, 7) is 4.94. The Morgan fingerprint density at radius 1 is 1.14 bits per heavy atom. The van der Waals surface area contributed by atoms with Crippen molar-refractivity contribution in [2.45, 2.75) is 64.8 Å². The first-order chi connectivity index (χ1) is 18.0. The van der Waals surface area contributed by atoms with E-state index in [9.17, 15) is 4.79 Å². The molecule has 1 amide bonds. The summed E-state index contributed by atoms with van der Waals surface area (Å²) in [5, 5.41) is 4.96. The third kappa shape index (κ3) is 5.68. The normalized spacial score (nSPS) is 17.7. The van der Waals surface area contributed by atoms with Gasteiger partial charge in [0.05, 0.1) is 17.2 Å². The number of thiocarbonyl (C=S) groups is 1. The van der Waals surface area contributed by atoms with Gasteiger partial charge in [0, 0.05) is 23.4 Å². The number of unbranched alkanes of at least 4 members (excludes halogenated alkanes) is 1. The van der Waals surface area contributed by atoms with E-state index in [0.717, 1.165) is 72.3 Å². The van der Waals surface area contributed by atoms with Crippen LogP contribution in [0, 0.1) is 6.92 Å². The SMILES string of the molecule is CCCCOc1ccc(-c2nn(-c3ccccc3)cc2/C=C2\SC(=S)N(C3CCCCC3)C2=O)cc1C. The van der Waals surface area contributed by atoms with Crippen LogP contribution in [0.4, 0.5) is 0 Å². The van der Waals surface area contributed by atoms with Gasteiger partial charge < -0.3 is 4.74 Å². The highest BCUT2D eigenvalue weighted by molar-refractivity contribution is 8.26. The lowest BCUT2D eigenvalue weighted by atomic mass is 9.94. The fraction of sp³-hybridized carbons (Fsp3) is 0.367. The van der Waals surface area contributed by atoms with Gasteiger partial charge in [-0.15, -0.1) is 0 Å². The Hall–Kier alpha value is -2.90. The molecule has 1 saturated carbocycles. The topological polar surface area (TPSA) is 47.4 Å². The number of para-hydroxylation sites is 1. The van der Waals surface area contributed by atoms with Crippen molar-refractivity contribution >= 4 is 40.3 Å². The summed E-state index contributed by atoms with van der Waals surface area (Å²) in [6, 6.07) is 16.5. The number of nitrogens with zero attached hydrogens (tertiary/aromatic N) is 3.